The van der Waals surface area contributed by atoms with Crippen molar-refractivity contribution >= 4 is 17.5 Å². The highest BCUT2D eigenvalue weighted by Gasteiger charge is 2.10. The van der Waals surface area contributed by atoms with Gasteiger partial charge >= 0.3 is 0 Å². The SMILES string of the molecule is N#Cc1cccc(NC(=O)c2cccc(COc3ccccc3C(N)=O)c2)c1. The summed E-state index contributed by atoms with van der Waals surface area (Å²) >= 11 is 0. The van der Waals surface area contributed by atoms with Gasteiger partial charge in [-0.25, -0.2) is 0 Å². The highest BCUT2D eigenvalue weighted by molar-refractivity contribution is 6.04. The summed E-state index contributed by atoms with van der Waals surface area (Å²) in [6.07, 6.45) is 0. The van der Waals surface area contributed by atoms with Gasteiger partial charge in [0.25, 0.3) is 11.8 Å². The van der Waals surface area contributed by atoms with Crippen molar-refractivity contribution < 1.29 is 14.3 Å². The maximum absolute atomic E-state index is 12.5. The average molecular weight is 371 g/mol. The first kappa shape index (κ1) is 18.7. The fraction of sp³-hybridized carbons (Fsp3) is 0.0455. The van der Waals surface area contributed by atoms with Gasteiger partial charge < -0.3 is 15.8 Å². The summed E-state index contributed by atoms with van der Waals surface area (Å²) in [5, 5.41) is 11.7. The minimum atomic E-state index is -0.566. The number of primary amides is 1. The van der Waals surface area contributed by atoms with Gasteiger partial charge in [-0.15, -0.1) is 0 Å². The van der Waals surface area contributed by atoms with Gasteiger partial charge in [-0.3, -0.25) is 9.59 Å². The minimum absolute atomic E-state index is 0.176. The number of rotatable bonds is 6. The second-order valence-electron chi connectivity index (χ2n) is 6.00. The zero-order valence-corrected chi connectivity index (χ0v) is 14.9. The topological polar surface area (TPSA) is 105 Å². The molecular weight excluding hydrogens is 354 g/mol. The number of amides is 2. The molecule has 3 aromatic rings. The first-order chi connectivity index (χ1) is 13.6. The molecule has 0 saturated carbocycles. The Hall–Kier alpha value is -4.11. The van der Waals surface area contributed by atoms with Gasteiger partial charge in [-0.2, -0.15) is 5.26 Å². The Morgan fingerprint density at radius 2 is 1.79 bits per heavy atom. The van der Waals surface area contributed by atoms with E-state index in [2.05, 4.69) is 5.32 Å². The van der Waals surface area contributed by atoms with E-state index in [1.807, 2.05) is 12.1 Å². The lowest BCUT2D eigenvalue weighted by atomic mass is 10.1. The molecule has 0 radical (unpaired) electrons. The largest absolute Gasteiger partial charge is 0.488 e. The summed E-state index contributed by atoms with van der Waals surface area (Å²) in [4.78, 5) is 24.0. The van der Waals surface area contributed by atoms with Gasteiger partial charge in [-0.05, 0) is 48.0 Å². The number of ether oxygens (including phenoxy) is 1. The lowest BCUT2D eigenvalue weighted by Crippen LogP contribution is -2.13. The van der Waals surface area contributed by atoms with E-state index in [1.54, 1.807) is 66.7 Å². The summed E-state index contributed by atoms with van der Waals surface area (Å²) in [5.74, 6) is -0.476. The van der Waals surface area contributed by atoms with Gasteiger partial charge in [-0.1, -0.05) is 30.3 Å². The van der Waals surface area contributed by atoms with Crippen LogP contribution in [0.15, 0.2) is 72.8 Å². The Bertz CT molecular complexity index is 1070. The Balaban J connectivity index is 1.71. The van der Waals surface area contributed by atoms with Crippen LogP contribution in [0.2, 0.25) is 0 Å². The zero-order chi connectivity index (χ0) is 19.9. The lowest BCUT2D eigenvalue weighted by Gasteiger charge is -2.11. The number of nitrogens with zero attached hydrogens (tertiary/aromatic N) is 1. The molecule has 6 nitrogen and oxygen atoms in total. The number of hydrogen-bond acceptors (Lipinski definition) is 4. The fourth-order valence-electron chi connectivity index (χ4n) is 2.63. The van der Waals surface area contributed by atoms with E-state index in [0.29, 0.717) is 28.1 Å². The van der Waals surface area contributed by atoms with Gasteiger partial charge in [0.05, 0.1) is 17.2 Å². The summed E-state index contributed by atoms with van der Waals surface area (Å²) in [5.41, 5.74) is 7.87. The first-order valence-electron chi connectivity index (χ1n) is 8.49. The van der Waals surface area contributed by atoms with Crippen LogP contribution in [0.3, 0.4) is 0 Å². The Labute approximate surface area is 162 Å². The number of benzene rings is 3. The molecule has 0 saturated heterocycles. The van der Waals surface area contributed by atoms with E-state index >= 15 is 0 Å². The number of carbonyl (C=O) groups is 2. The molecule has 6 heteroatoms. The number of anilines is 1. The molecule has 3 aromatic carbocycles. The molecule has 0 atom stereocenters. The van der Waals surface area contributed by atoms with Crippen molar-refractivity contribution in [2.75, 3.05) is 5.32 Å². The molecule has 3 N–H and O–H groups in total. The van der Waals surface area contributed by atoms with Crippen LogP contribution in [-0.4, -0.2) is 11.8 Å². The third-order valence-electron chi connectivity index (χ3n) is 3.99. The van der Waals surface area contributed by atoms with Crippen molar-refractivity contribution in [3.63, 3.8) is 0 Å². The van der Waals surface area contributed by atoms with Crippen LogP contribution in [0.4, 0.5) is 5.69 Å². The Morgan fingerprint density at radius 1 is 1.00 bits per heavy atom. The quantitative estimate of drug-likeness (QED) is 0.692. The Morgan fingerprint density at radius 3 is 2.57 bits per heavy atom. The lowest BCUT2D eigenvalue weighted by molar-refractivity contribution is 0.0994. The van der Waals surface area contributed by atoms with Crippen molar-refractivity contribution in [1.29, 1.82) is 5.26 Å². The monoisotopic (exact) mass is 371 g/mol. The fourth-order valence-corrected chi connectivity index (χ4v) is 2.63. The molecule has 0 aliphatic carbocycles. The number of para-hydroxylation sites is 1. The average Bonchev–Trinajstić information content (AvgIpc) is 2.72. The van der Waals surface area contributed by atoms with E-state index in [1.165, 1.54) is 0 Å². The summed E-state index contributed by atoms with van der Waals surface area (Å²) < 4.78 is 5.70. The van der Waals surface area contributed by atoms with Crippen LogP contribution in [0.5, 0.6) is 5.75 Å². The first-order valence-corrected chi connectivity index (χ1v) is 8.49. The Kier molecular flexibility index (Phi) is 5.68. The molecule has 0 unspecified atom stereocenters. The highest BCUT2D eigenvalue weighted by Crippen LogP contribution is 2.19. The molecule has 0 spiro atoms. The third kappa shape index (κ3) is 4.54. The maximum atomic E-state index is 12.5. The molecule has 2 amide bonds. The molecule has 0 aromatic heterocycles. The molecule has 0 aliphatic rings. The smallest absolute Gasteiger partial charge is 0.255 e. The number of nitrogens with one attached hydrogen (secondary N) is 1. The number of nitrogens with two attached hydrogens (primary N) is 1. The molecular formula is C22H17N3O3. The van der Waals surface area contributed by atoms with E-state index < -0.39 is 5.91 Å². The van der Waals surface area contributed by atoms with Crippen LogP contribution >= 0.6 is 0 Å². The second-order valence-corrected chi connectivity index (χ2v) is 6.00. The molecule has 0 bridgehead atoms. The van der Waals surface area contributed by atoms with Crippen LogP contribution in [-0.2, 0) is 6.61 Å². The normalized spacial score (nSPS) is 9.96. The molecule has 0 aliphatic heterocycles. The van der Waals surface area contributed by atoms with Crippen LogP contribution in [0.25, 0.3) is 0 Å². The van der Waals surface area contributed by atoms with Gasteiger partial charge in [0.15, 0.2) is 0 Å². The van der Waals surface area contributed by atoms with E-state index in [0.717, 1.165) is 5.56 Å². The molecule has 3 rings (SSSR count). The predicted molar refractivity (Wildman–Crippen MR) is 105 cm³/mol. The van der Waals surface area contributed by atoms with E-state index in [4.69, 9.17) is 15.7 Å². The van der Waals surface area contributed by atoms with Crippen LogP contribution in [0.1, 0.15) is 31.8 Å². The highest BCUT2D eigenvalue weighted by atomic mass is 16.5. The maximum Gasteiger partial charge on any atom is 0.255 e. The van der Waals surface area contributed by atoms with Crippen molar-refractivity contribution in [3.05, 3.63) is 95.1 Å². The number of carbonyl (C=O) groups excluding carboxylic acids is 2. The van der Waals surface area contributed by atoms with E-state index in [9.17, 15) is 9.59 Å². The molecule has 0 heterocycles. The van der Waals surface area contributed by atoms with E-state index in [-0.39, 0.29) is 12.5 Å². The summed E-state index contributed by atoms with van der Waals surface area (Å²) in [6, 6.07) is 22.4. The van der Waals surface area contributed by atoms with Crippen molar-refractivity contribution in [2.24, 2.45) is 5.73 Å². The van der Waals surface area contributed by atoms with Crippen LogP contribution < -0.4 is 15.8 Å². The minimum Gasteiger partial charge on any atom is -0.488 e. The predicted octanol–water partition coefficient (Wildman–Crippen LogP) is 3.49. The molecule has 0 fully saturated rings. The second kappa shape index (κ2) is 8.52. The standard InChI is InChI=1S/C22H17N3O3/c23-13-15-5-4-8-18(12-15)25-22(27)17-7-3-6-16(11-17)14-28-20-10-2-1-9-19(20)21(24)26/h1-12H,14H2,(H2,24,26)(H,25,27). The number of nitriles is 1. The summed E-state index contributed by atoms with van der Waals surface area (Å²) in [6.45, 7) is 0.176. The van der Waals surface area contributed by atoms with Crippen LogP contribution in [0, 0.1) is 11.3 Å². The van der Waals surface area contributed by atoms with Crippen molar-refractivity contribution in [2.45, 2.75) is 6.61 Å². The van der Waals surface area contributed by atoms with Crippen molar-refractivity contribution in [1.82, 2.24) is 0 Å². The van der Waals surface area contributed by atoms with Gasteiger partial charge in [0.2, 0.25) is 0 Å². The summed E-state index contributed by atoms with van der Waals surface area (Å²) in [7, 11) is 0. The molecule has 138 valence electrons. The number of hydrogen-bond donors (Lipinski definition) is 2. The molecule has 28 heavy (non-hydrogen) atoms. The van der Waals surface area contributed by atoms with Gasteiger partial charge in [0, 0.05) is 11.3 Å². The third-order valence-corrected chi connectivity index (χ3v) is 3.99. The van der Waals surface area contributed by atoms with Crippen molar-refractivity contribution in [3.8, 4) is 11.8 Å². The zero-order valence-electron chi connectivity index (χ0n) is 14.9. The van der Waals surface area contributed by atoms with Gasteiger partial charge in [0.1, 0.15) is 12.4 Å².